The van der Waals surface area contributed by atoms with Crippen LogP contribution in [0.3, 0.4) is 0 Å². The zero-order valence-corrected chi connectivity index (χ0v) is 14.8. The number of aryl methyl sites for hydroxylation is 1. The lowest BCUT2D eigenvalue weighted by Gasteiger charge is -2.22. The first kappa shape index (κ1) is 16.5. The second-order valence-electron chi connectivity index (χ2n) is 6.78. The summed E-state index contributed by atoms with van der Waals surface area (Å²) >= 11 is 0. The molecule has 26 heavy (non-hydrogen) atoms. The molecule has 4 rings (SSSR count). The predicted molar refractivity (Wildman–Crippen MR) is 103 cm³/mol. The first-order chi connectivity index (χ1) is 12.6. The van der Waals surface area contributed by atoms with Crippen LogP contribution >= 0.6 is 0 Å². The molecule has 0 saturated heterocycles. The lowest BCUT2D eigenvalue weighted by Crippen LogP contribution is -2.44. The van der Waals surface area contributed by atoms with Crippen molar-refractivity contribution in [3.8, 4) is 11.1 Å². The first-order valence-corrected chi connectivity index (χ1v) is 8.84. The van der Waals surface area contributed by atoms with Crippen molar-refractivity contribution in [3.63, 3.8) is 0 Å². The van der Waals surface area contributed by atoms with Crippen LogP contribution in [-0.2, 0) is 24.7 Å². The summed E-state index contributed by atoms with van der Waals surface area (Å²) in [6.45, 7) is 0.688. The predicted octanol–water partition coefficient (Wildman–Crippen LogP) is 2.55. The molecule has 0 aliphatic carbocycles. The van der Waals surface area contributed by atoms with Crippen LogP contribution in [0.2, 0.25) is 0 Å². The van der Waals surface area contributed by atoms with Crippen molar-refractivity contribution >= 4 is 11.6 Å². The molecule has 2 N–H and O–H groups in total. The maximum absolute atomic E-state index is 12.9. The first-order valence-electron chi connectivity index (χ1n) is 8.84. The number of hydrogen-bond donors (Lipinski definition) is 1. The number of nitrogens with two attached hydrogens (primary N) is 1. The monoisotopic (exact) mass is 346 g/mol. The average molecular weight is 346 g/mol. The molecule has 0 radical (unpaired) electrons. The zero-order valence-electron chi connectivity index (χ0n) is 14.8. The quantitative estimate of drug-likeness (QED) is 0.790. The van der Waals surface area contributed by atoms with Gasteiger partial charge in [-0.2, -0.15) is 5.10 Å². The molecular weight excluding hydrogens is 324 g/mol. The van der Waals surface area contributed by atoms with Gasteiger partial charge < -0.3 is 10.6 Å². The highest BCUT2D eigenvalue weighted by Crippen LogP contribution is 2.33. The number of fused-ring (bicyclic) bond motifs is 1. The van der Waals surface area contributed by atoms with Crippen LogP contribution in [0.15, 0.2) is 60.9 Å². The van der Waals surface area contributed by atoms with Crippen LogP contribution in [0.1, 0.15) is 11.1 Å². The Morgan fingerprint density at radius 3 is 2.73 bits per heavy atom. The van der Waals surface area contributed by atoms with Gasteiger partial charge in [0.05, 0.1) is 12.2 Å². The molecule has 1 aromatic heterocycles. The molecule has 1 aliphatic heterocycles. The number of carbonyl (C=O) groups is 1. The Balaban J connectivity index is 1.57. The van der Waals surface area contributed by atoms with Crippen LogP contribution in [-0.4, -0.2) is 28.3 Å². The number of anilines is 1. The summed E-state index contributed by atoms with van der Waals surface area (Å²) in [5, 5.41) is 4.23. The van der Waals surface area contributed by atoms with E-state index in [4.69, 9.17) is 5.73 Å². The fourth-order valence-electron chi connectivity index (χ4n) is 3.51. The second kappa shape index (κ2) is 6.77. The van der Waals surface area contributed by atoms with Crippen LogP contribution in [0, 0.1) is 0 Å². The van der Waals surface area contributed by atoms with Crippen molar-refractivity contribution in [2.45, 2.75) is 18.9 Å². The zero-order chi connectivity index (χ0) is 18.1. The molecule has 0 fully saturated rings. The molecular formula is C21H22N4O. The van der Waals surface area contributed by atoms with Crippen molar-refractivity contribution < 1.29 is 4.79 Å². The fourth-order valence-corrected chi connectivity index (χ4v) is 3.51. The third kappa shape index (κ3) is 3.13. The number of aromatic nitrogens is 2. The van der Waals surface area contributed by atoms with E-state index in [1.54, 1.807) is 4.68 Å². The van der Waals surface area contributed by atoms with Gasteiger partial charge in [0.25, 0.3) is 0 Å². The Bertz CT molecular complexity index is 932. The van der Waals surface area contributed by atoms with E-state index in [2.05, 4.69) is 23.3 Å². The SMILES string of the molecule is Cn1cc(-c2ccc3c(c2)N(C(=O)C(N)Cc2ccccc2)CC3)cn1. The molecule has 5 nitrogen and oxygen atoms in total. The summed E-state index contributed by atoms with van der Waals surface area (Å²) in [6, 6.07) is 15.7. The van der Waals surface area contributed by atoms with E-state index >= 15 is 0 Å². The minimum Gasteiger partial charge on any atom is -0.320 e. The molecule has 1 amide bonds. The van der Waals surface area contributed by atoms with E-state index in [-0.39, 0.29) is 5.91 Å². The van der Waals surface area contributed by atoms with Gasteiger partial charge in [-0.1, -0.05) is 42.5 Å². The Hall–Kier alpha value is -2.92. The second-order valence-corrected chi connectivity index (χ2v) is 6.78. The highest BCUT2D eigenvalue weighted by molar-refractivity contribution is 5.99. The summed E-state index contributed by atoms with van der Waals surface area (Å²) in [5.74, 6) is -0.0176. The Morgan fingerprint density at radius 1 is 1.19 bits per heavy atom. The van der Waals surface area contributed by atoms with Gasteiger partial charge in [-0.15, -0.1) is 0 Å². The van der Waals surface area contributed by atoms with Crippen molar-refractivity contribution in [2.24, 2.45) is 12.8 Å². The number of amides is 1. The van der Waals surface area contributed by atoms with E-state index < -0.39 is 6.04 Å². The number of nitrogens with zero attached hydrogens (tertiary/aromatic N) is 3. The lowest BCUT2D eigenvalue weighted by atomic mass is 10.0. The molecule has 3 aromatic rings. The van der Waals surface area contributed by atoms with Crippen LogP contribution in [0.25, 0.3) is 11.1 Å². The Morgan fingerprint density at radius 2 is 2.00 bits per heavy atom. The fraction of sp³-hybridized carbons (Fsp3) is 0.238. The molecule has 1 atom stereocenters. The maximum atomic E-state index is 12.9. The van der Waals surface area contributed by atoms with Gasteiger partial charge in [-0.05, 0) is 35.6 Å². The van der Waals surface area contributed by atoms with Gasteiger partial charge in [0.1, 0.15) is 0 Å². The molecule has 132 valence electrons. The molecule has 1 unspecified atom stereocenters. The van der Waals surface area contributed by atoms with Crippen molar-refractivity contribution in [1.29, 1.82) is 0 Å². The van der Waals surface area contributed by atoms with Crippen LogP contribution < -0.4 is 10.6 Å². The highest BCUT2D eigenvalue weighted by atomic mass is 16.2. The van der Waals surface area contributed by atoms with Gasteiger partial charge >= 0.3 is 0 Å². The average Bonchev–Trinajstić information content (AvgIpc) is 3.27. The Kier molecular flexibility index (Phi) is 4.31. The number of benzene rings is 2. The largest absolute Gasteiger partial charge is 0.320 e. The number of hydrogen-bond acceptors (Lipinski definition) is 3. The lowest BCUT2D eigenvalue weighted by molar-refractivity contribution is -0.119. The van der Waals surface area contributed by atoms with Crippen LogP contribution in [0.5, 0.6) is 0 Å². The third-order valence-corrected chi connectivity index (χ3v) is 4.90. The van der Waals surface area contributed by atoms with E-state index in [9.17, 15) is 4.79 Å². The van der Waals surface area contributed by atoms with Gasteiger partial charge in [0.2, 0.25) is 5.91 Å². The minimum absolute atomic E-state index is 0.0176. The van der Waals surface area contributed by atoms with Gasteiger partial charge in [-0.3, -0.25) is 9.48 Å². The van der Waals surface area contributed by atoms with Crippen molar-refractivity contribution in [3.05, 3.63) is 72.1 Å². The third-order valence-electron chi connectivity index (χ3n) is 4.90. The standard InChI is InChI=1S/C21H22N4O/c1-24-14-18(13-23-24)17-8-7-16-9-10-25(20(16)12-17)21(26)19(22)11-15-5-3-2-4-6-15/h2-8,12-14,19H,9-11,22H2,1H3. The molecule has 0 spiro atoms. The van der Waals surface area contributed by atoms with Crippen molar-refractivity contribution in [2.75, 3.05) is 11.4 Å². The summed E-state index contributed by atoms with van der Waals surface area (Å²) in [6.07, 6.45) is 5.23. The molecule has 2 heterocycles. The normalized spacial score (nSPS) is 14.3. The van der Waals surface area contributed by atoms with E-state index in [0.29, 0.717) is 13.0 Å². The van der Waals surface area contributed by atoms with Crippen LogP contribution in [0.4, 0.5) is 5.69 Å². The van der Waals surface area contributed by atoms with Crippen molar-refractivity contribution in [1.82, 2.24) is 9.78 Å². The molecule has 2 aromatic carbocycles. The summed E-state index contributed by atoms with van der Waals surface area (Å²) < 4.78 is 1.78. The minimum atomic E-state index is -0.537. The van der Waals surface area contributed by atoms with Gasteiger partial charge in [-0.25, -0.2) is 0 Å². The highest BCUT2D eigenvalue weighted by Gasteiger charge is 2.28. The summed E-state index contributed by atoms with van der Waals surface area (Å²) in [5.41, 5.74) is 11.6. The number of rotatable bonds is 4. The molecule has 0 saturated carbocycles. The number of carbonyl (C=O) groups excluding carboxylic acids is 1. The van der Waals surface area contributed by atoms with E-state index in [1.165, 1.54) is 5.56 Å². The topological polar surface area (TPSA) is 64.2 Å². The maximum Gasteiger partial charge on any atom is 0.244 e. The smallest absolute Gasteiger partial charge is 0.244 e. The summed E-state index contributed by atoms with van der Waals surface area (Å²) in [7, 11) is 1.90. The summed E-state index contributed by atoms with van der Waals surface area (Å²) in [4.78, 5) is 14.8. The molecule has 1 aliphatic rings. The van der Waals surface area contributed by atoms with E-state index in [0.717, 1.165) is 28.8 Å². The Labute approximate surface area is 153 Å². The van der Waals surface area contributed by atoms with Gasteiger partial charge in [0, 0.05) is 31.0 Å². The van der Waals surface area contributed by atoms with Gasteiger partial charge in [0.15, 0.2) is 0 Å². The molecule has 5 heteroatoms. The molecule has 0 bridgehead atoms. The van der Waals surface area contributed by atoms with E-state index in [1.807, 2.05) is 54.7 Å².